The summed E-state index contributed by atoms with van der Waals surface area (Å²) in [6, 6.07) is 0.331. The highest BCUT2D eigenvalue weighted by molar-refractivity contribution is 8.15. The molecule has 2 heterocycles. The second-order valence-electron chi connectivity index (χ2n) is 3.41. The number of rotatable bonds is 1. The Morgan fingerprint density at radius 1 is 1.50 bits per heavy atom. The van der Waals surface area contributed by atoms with E-state index in [-0.39, 0.29) is 23.5 Å². The number of amides is 2. The van der Waals surface area contributed by atoms with Crippen molar-refractivity contribution in [3.8, 4) is 0 Å². The van der Waals surface area contributed by atoms with Gasteiger partial charge in [-0.1, -0.05) is 11.8 Å². The third-order valence-corrected chi connectivity index (χ3v) is 3.19. The number of nitrogens with zero attached hydrogens (tertiary/aromatic N) is 1. The molecule has 14 heavy (non-hydrogen) atoms. The average molecular weight is 213 g/mol. The Balaban J connectivity index is 1.92. The molecule has 1 saturated heterocycles. The largest absolute Gasteiger partial charge is 0.361 e. The van der Waals surface area contributed by atoms with Crippen molar-refractivity contribution in [2.24, 2.45) is 4.99 Å². The second kappa shape index (κ2) is 3.61. The predicted octanol–water partition coefficient (Wildman–Crippen LogP) is -0.518. The molecular formula is C8H11N3O2S. The van der Waals surface area contributed by atoms with Crippen molar-refractivity contribution in [2.75, 3.05) is 6.54 Å². The first-order chi connectivity index (χ1) is 6.65. The van der Waals surface area contributed by atoms with Crippen molar-refractivity contribution in [3.63, 3.8) is 0 Å². The standard InChI is InChI=1S/C8H11N3O2S/c1-4-3-9-8(10-4)14-5-2-6(12)11-7(5)13/h4-5H,2-3H2,1H3,(H,9,10)(H,11,12,13). The highest BCUT2D eigenvalue weighted by atomic mass is 32.2. The molecule has 0 spiro atoms. The fourth-order valence-corrected chi connectivity index (χ4v) is 2.44. The summed E-state index contributed by atoms with van der Waals surface area (Å²) in [4.78, 5) is 26.3. The molecule has 0 aromatic heterocycles. The van der Waals surface area contributed by atoms with Gasteiger partial charge in [-0.25, -0.2) is 0 Å². The Labute approximate surface area is 85.7 Å². The van der Waals surface area contributed by atoms with Crippen LogP contribution in [0.5, 0.6) is 0 Å². The fraction of sp³-hybridized carbons (Fsp3) is 0.625. The van der Waals surface area contributed by atoms with Gasteiger partial charge in [0.2, 0.25) is 11.8 Å². The van der Waals surface area contributed by atoms with Gasteiger partial charge in [-0.2, -0.15) is 0 Å². The van der Waals surface area contributed by atoms with Crippen molar-refractivity contribution < 1.29 is 9.59 Å². The summed E-state index contributed by atoms with van der Waals surface area (Å²) in [5.74, 6) is -0.400. The maximum Gasteiger partial charge on any atom is 0.240 e. The lowest BCUT2D eigenvalue weighted by Gasteiger charge is -2.07. The first-order valence-corrected chi connectivity index (χ1v) is 5.34. The van der Waals surface area contributed by atoms with E-state index >= 15 is 0 Å². The third kappa shape index (κ3) is 1.89. The van der Waals surface area contributed by atoms with Crippen LogP contribution in [0.4, 0.5) is 0 Å². The Kier molecular flexibility index (Phi) is 2.45. The number of hydrogen-bond acceptors (Lipinski definition) is 5. The number of carbonyl (C=O) groups excluding carboxylic acids is 2. The molecular weight excluding hydrogens is 202 g/mol. The van der Waals surface area contributed by atoms with Crippen molar-refractivity contribution in [2.45, 2.75) is 24.6 Å². The molecule has 0 aromatic carbocycles. The van der Waals surface area contributed by atoms with E-state index in [9.17, 15) is 9.59 Å². The lowest BCUT2D eigenvalue weighted by Crippen LogP contribution is -2.29. The SMILES string of the molecule is CC1CN=C(SC2CC(=O)NC2=O)N1. The van der Waals surface area contributed by atoms with Crippen molar-refractivity contribution in [1.82, 2.24) is 10.6 Å². The quantitative estimate of drug-likeness (QED) is 0.575. The molecule has 0 aliphatic carbocycles. The molecule has 1 fully saturated rings. The van der Waals surface area contributed by atoms with Crippen LogP contribution in [-0.2, 0) is 9.59 Å². The van der Waals surface area contributed by atoms with Gasteiger partial charge < -0.3 is 5.32 Å². The number of nitrogens with one attached hydrogen (secondary N) is 2. The smallest absolute Gasteiger partial charge is 0.240 e. The van der Waals surface area contributed by atoms with Gasteiger partial charge in [0, 0.05) is 12.5 Å². The summed E-state index contributed by atoms with van der Waals surface area (Å²) in [7, 11) is 0. The van der Waals surface area contributed by atoms with Gasteiger partial charge in [-0.05, 0) is 6.92 Å². The minimum Gasteiger partial charge on any atom is -0.361 e. The Bertz CT molecular complexity index is 316. The molecule has 0 radical (unpaired) electrons. The number of thioether (sulfide) groups is 1. The Morgan fingerprint density at radius 3 is 2.79 bits per heavy atom. The van der Waals surface area contributed by atoms with Crippen LogP contribution in [0.15, 0.2) is 4.99 Å². The average Bonchev–Trinajstić information content (AvgIpc) is 2.61. The van der Waals surface area contributed by atoms with E-state index < -0.39 is 0 Å². The summed E-state index contributed by atoms with van der Waals surface area (Å²) in [5, 5.41) is 5.87. The van der Waals surface area contributed by atoms with Crippen molar-refractivity contribution >= 4 is 28.7 Å². The van der Waals surface area contributed by atoms with Crippen molar-refractivity contribution in [1.29, 1.82) is 0 Å². The summed E-state index contributed by atoms with van der Waals surface area (Å²) < 4.78 is 0. The van der Waals surface area contributed by atoms with Crippen LogP contribution in [0.1, 0.15) is 13.3 Å². The molecule has 76 valence electrons. The fourth-order valence-electron chi connectivity index (χ4n) is 1.35. The van der Waals surface area contributed by atoms with Gasteiger partial charge in [0.05, 0.1) is 6.54 Å². The Hall–Kier alpha value is -1.04. The zero-order valence-corrected chi connectivity index (χ0v) is 8.56. The number of aliphatic imine (C=N–C) groups is 1. The van der Waals surface area contributed by atoms with Crippen LogP contribution < -0.4 is 10.6 Å². The lowest BCUT2D eigenvalue weighted by molar-refractivity contribution is -0.124. The van der Waals surface area contributed by atoms with Gasteiger partial charge in [-0.15, -0.1) is 0 Å². The first kappa shape index (κ1) is 9.51. The molecule has 2 aliphatic heterocycles. The van der Waals surface area contributed by atoms with Gasteiger partial charge in [0.25, 0.3) is 0 Å². The number of hydrogen-bond donors (Lipinski definition) is 2. The first-order valence-electron chi connectivity index (χ1n) is 4.46. The maximum atomic E-state index is 11.2. The molecule has 2 N–H and O–H groups in total. The molecule has 0 saturated carbocycles. The van der Waals surface area contributed by atoms with E-state index in [1.54, 1.807) is 0 Å². The minimum atomic E-state index is -0.306. The highest BCUT2D eigenvalue weighted by Crippen LogP contribution is 2.21. The molecule has 0 aromatic rings. The van der Waals surface area contributed by atoms with Crippen LogP contribution in [0.25, 0.3) is 0 Å². The predicted molar refractivity (Wildman–Crippen MR) is 54.0 cm³/mol. The van der Waals surface area contributed by atoms with Crippen LogP contribution >= 0.6 is 11.8 Å². The summed E-state index contributed by atoms with van der Waals surface area (Å²) in [6.07, 6.45) is 0.262. The van der Waals surface area contributed by atoms with Crippen LogP contribution in [-0.4, -0.2) is 34.8 Å². The number of imide groups is 1. The molecule has 2 unspecified atom stereocenters. The number of carbonyl (C=O) groups is 2. The normalized spacial score (nSPS) is 31.4. The topological polar surface area (TPSA) is 70.6 Å². The van der Waals surface area contributed by atoms with E-state index in [2.05, 4.69) is 15.6 Å². The van der Waals surface area contributed by atoms with Gasteiger partial charge in [0.15, 0.2) is 5.17 Å². The minimum absolute atomic E-state index is 0.195. The molecule has 2 rings (SSSR count). The van der Waals surface area contributed by atoms with Crippen LogP contribution in [0.3, 0.4) is 0 Å². The number of amidine groups is 1. The zero-order valence-electron chi connectivity index (χ0n) is 7.74. The molecule has 0 bridgehead atoms. The van der Waals surface area contributed by atoms with Crippen molar-refractivity contribution in [3.05, 3.63) is 0 Å². The summed E-state index contributed by atoms with van der Waals surface area (Å²) in [6.45, 7) is 2.77. The summed E-state index contributed by atoms with van der Waals surface area (Å²) >= 11 is 1.34. The lowest BCUT2D eigenvalue weighted by atomic mass is 10.4. The van der Waals surface area contributed by atoms with Crippen LogP contribution in [0.2, 0.25) is 0 Å². The van der Waals surface area contributed by atoms with Crippen LogP contribution in [0, 0.1) is 0 Å². The third-order valence-electron chi connectivity index (χ3n) is 2.06. The zero-order chi connectivity index (χ0) is 10.1. The van der Waals surface area contributed by atoms with Gasteiger partial charge in [-0.3, -0.25) is 19.9 Å². The van der Waals surface area contributed by atoms with E-state index in [1.807, 2.05) is 6.92 Å². The van der Waals surface area contributed by atoms with Gasteiger partial charge in [0.1, 0.15) is 5.25 Å². The highest BCUT2D eigenvalue weighted by Gasteiger charge is 2.33. The van der Waals surface area contributed by atoms with E-state index in [1.165, 1.54) is 11.8 Å². The Morgan fingerprint density at radius 2 is 2.29 bits per heavy atom. The molecule has 2 aliphatic rings. The molecule has 5 nitrogen and oxygen atoms in total. The monoisotopic (exact) mass is 213 g/mol. The van der Waals surface area contributed by atoms with E-state index in [0.717, 1.165) is 11.7 Å². The maximum absolute atomic E-state index is 11.2. The van der Waals surface area contributed by atoms with Gasteiger partial charge >= 0.3 is 0 Å². The summed E-state index contributed by atoms with van der Waals surface area (Å²) in [5.41, 5.74) is 0. The molecule has 6 heteroatoms. The van der Waals surface area contributed by atoms with E-state index in [4.69, 9.17) is 0 Å². The molecule has 2 atom stereocenters. The van der Waals surface area contributed by atoms with E-state index in [0.29, 0.717) is 6.04 Å². The molecule has 2 amide bonds. The second-order valence-corrected chi connectivity index (χ2v) is 4.61.